The third-order valence-electron chi connectivity index (χ3n) is 3.99. The van der Waals surface area contributed by atoms with Gasteiger partial charge < -0.3 is 10.1 Å². The van der Waals surface area contributed by atoms with Crippen molar-refractivity contribution in [2.75, 3.05) is 25.0 Å². The Morgan fingerprint density at radius 3 is 2.42 bits per heavy atom. The van der Waals surface area contributed by atoms with Gasteiger partial charge in [0.2, 0.25) is 0 Å². The van der Waals surface area contributed by atoms with Gasteiger partial charge >= 0.3 is 0 Å². The van der Waals surface area contributed by atoms with Crippen molar-refractivity contribution in [1.29, 1.82) is 0 Å². The van der Waals surface area contributed by atoms with Crippen LogP contribution in [0.25, 0.3) is 0 Å². The number of hydrogen-bond acceptors (Lipinski definition) is 4. The Morgan fingerprint density at radius 2 is 1.73 bits per heavy atom. The molecule has 0 fully saturated rings. The topological polar surface area (TPSA) is 84.5 Å². The van der Waals surface area contributed by atoms with Crippen molar-refractivity contribution in [3.8, 4) is 0 Å². The van der Waals surface area contributed by atoms with Gasteiger partial charge in [-0.05, 0) is 55.7 Å². The number of methoxy groups -OCH3 is 1. The second-order valence-electron chi connectivity index (χ2n) is 6.15. The first-order chi connectivity index (χ1) is 12.2. The minimum absolute atomic E-state index is 0.0425. The summed E-state index contributed by atoms with van der Waals surface area (Å²) in [4.78, 5) is 12.3. The zero-order chi connectivity index (χ0) is 19.3. The van der Waals surface area contributed by atoms with Gasteiger partial charge in [0.05, 0.1) is 17.2 Å². The highest BCUT2D eigenvalue weighted by Crippen LogP contribution is 2.22. The predicted molar refractivity (Wildman–Crippen MR) is 102 cm³/mol. The summed E-state index contributed by atoms with van der Waals surface area (Å²) in [5.74, 6) is -0.330. The maximum Gasteiger partial charge on any atom is 0.261 e. The van der Waals surface area contributed by atoms with Crippen LogP contribution in [0, 0.1) is 20.8 Å². The van der Waals surface area contributed by atoms with Crippen molar-refractivity contribution in [2.45, 2.75) is 25.7 Å². The first-order valence-corrected chi connectivity index (χ1v) is 9.71. The molecule has 0 aromatic heterocycles. The largest absolute Gasteiger partial charge is 0.383 e. The second kappa shape index (κ2) is 8.33. The average molecular weight is 376 g/mol. The standard InChI is InChI=1S/C19H24N2O4S/c1-13-5-6-15(3)18(11-13)21-26(23,24)16-8-7-14(2)17(12-16)19(22)20-9-10-25-4/h5-8,11-12,21H,9-10H2,1-4H3,(H,20,22). The van der Waals surface area contributed by atoms with Gasteiger partial charge in [0.15, 0.2) is 0 Å². The lowest BCUT2D eigenvalue weighted by Gasteiger charge is -2.13. The molecule has 2 aromatic rings. The van der Waals surface area contributed by atoms with Gasteiger partial charge in [-0.3, -0.25) is 9.52 Å². The van der Waals surface area contributed by atoms with Gasteiger partial charge in [0.25, 0.3) is 15.9 Å². The zero-order valence-corrected chi connectivity index (χ0v) is 16.2. The van der Waals surface area contributed by atoms with E-state index in [1.54, 1.807) is 26.2 Å². The highest BCUT2D eigenvalue weighted by Gasteiger charge is 2.19. The van der Waals surface area contributed by atoms with E-state index < -0.39 is 10.0 Å². The highest BCUT2D eigenvalue weighted by atomic mass is 32.2. The number of sulfonamides is 1. The number of rotatable bonds is 7. The maximum atomic E-state index is 12.7. The summed E-state index contributed by atoms with van der Waals surface area (Å²) < 4.78 is 33.0. The Morgan fingerprint density at radius 1 is 1.04 bits per heavy atom. The molecule has 6 nitrogen and oxygen atoms in total. The number of carbonyl (C=O) groups excluding carboxylic acids is 1. The fourth-order valence-corrected chi connectivity index (χ4v) is 3.57. The number of amides is 1. The fraction of sp³-hybridized carbons (Fsp3) is 0.316. The number of ether oxygens (including phenoxy) is 1. The molecule has 0 saturated carbocycles. The summed E-state index contributed by atoms with van der Waals surface area (Å²) in [7, 11) is -2.26. The lowest BCUT2D eigenvalue weighted by molar-refractivity contribution is 0.0936. The van der Waals surface area contributed by atoms with Crippen LogP contribution in [0.15, 0.2) is 41.3 Å². The Labute approximate surface area is 154 Å². The number of carbonyl (C=O) groups is 1. The number of hydrogen-bond donors (Lipinski definition) is 2. The van der Waals surface area contributed by atoms with E-state index in [9.17, 15) is 13.2 Å². The molecular formula is C19H24N2O4S. The quantitative estimate of drug-likeness (QED) is 0.728. The van der Waals surface area contributed by atoms with Crippen molar-refractivity contribution in [2.24, 2.45) is 0 Å². The molecule has 2 rings (SSSR count). The normalized spacial score (nSPS) is 11.2. The van der Waals surface area contributed by atoms with Crippen LogP contribution in [0.1, 0.15) is 27.0 Å². The molecule has 0 saturated heterocycles. The third kappa shape index (κ3) is 4.83. The molecule has 0 radical (unpaired) electrons. The monoisotopic (exact) mass is 376 g/mol. The summed E-state index contributed by atoms with van der Waals surface area (Å²) in [5.41, 5.74) is 3.33. The van der Waals surface area contributed by atoms with Crippen LogP contribution >= 0.6 is 0 Å². The number of aryl methyl sites for hydroxylation is 3. The first kappa shape index (κ1) is 19.9. The van der Waals surface area contributed by atoms with E-state index in [2.05, 4.69) is 10.0 Å². The minimum atomic E-state index is -3.81. The van der Waals surface area contributed by atoms with Crippen LogP contribution in [-0.4, -0.2) is 34.6 Å². The smallest absolute Gasteiger partial charge is 0.261 e. The lowest BCUT2D eigenvalue weighted by atomic mass is 10.1. The van der Waals surface area contributed by atoms with E-state index >= 15 is 0 Å². The fourth-order valence-electron chi connectivity index (χ4n) is 2.42. The molecule has 0 aliphatic heterocycles. The maximum absolute atomic E-state index is 12.7. The Kier molecular flexibility index (Phi) is 6.39. The van der Waals surface area contributed by atoms with Crippen LogP contribution < -0.4 is 10.0 Å². The van der Waals surface area contributed by atoms with Crippen molar-refractivity contribution < 1.29 is 17.9 Å². The molecule has 0 bridgehead atoms. The lowest BCUT2D eigenvalue weighted by Crippen LogP contribution is -2.28. The van der Waals surface area contributed by atoms with Crippen LogP contribution in [-0.2, 0) is 14.8 Å². The first-order valence-electron chi connectivity index (χ1n) is 8.22. The summed E-state index contributed by atoms with van der Waals surface area (Å²) in [6, 6.07) is 10.1. The minimum Gasteiger partial charge on any atom is -0.383 e. The Balaban J connectivity index is 2.31. The molecule has 0 aliphatic carbocycles. The number of anilines is 1. The molecular weight excluding hydrogens is 352 g/mol. The average Bonchev–Trinajstić information content (AvgIpc) is 2.58. The van der Waals surface area contributed by atoms with Gasteiger partial charge in [-0.25, -0.2) is 8.42 Å². The molecule has 2 N–H and O–H groups in total. The molecule has 2 aromatic carbocycles. The van der Waals surface area contributed by atoms with Crippen molar-refractivity contribution >= 4 is 21.6 Å². The van der Waals surface area contributed by atoms with Gasteiger partial charge in [0, 0.05) is 19.2 Å². The predicted octanol–water partition coefficient (Wildman–Crippen LogP) is 2.79. The van der Waals surface area contributed by atoms with Crippen LogP contribution in [0.4, 0.5) is 5.69 Å². The van der Waals surface area contributed by atoms with Crippen molar-refractivity contribution in [3.63, 3.8) is 0 Å². The van der Waals surface area contributed by atoms with E-state index in [0.717, 1.165) is 11.1 Å². The van der Waals surface area contributed by atoms with Gasteiger partial charge in [-0.1, -0.05) is 18.2 Å². The van der Waals surface area contributed by atoms with Crippen molar-refractivity contribution in [1.82, 2.24) is 5.32 Å². The molecule has 0 aliphatic rings. The van der Waals surface area contributed by atoms with E-state index in [0.29, 0.717) is 30.0 Å². The highest BCUT2D eigenvalue weighted by molar-refractivity contribution is 7.92. The molecule has 0 unspecified atom stereocenters. The van der Waals surface area contributed by atoms with Crippen LogP contribution in [0.3, 0.4) is 0 Å². The van der Waals surface area contributed by atoms with Gasteiger partial charge in [-0.15, -0.1) is 0 Å². The number of benzene rings is 2. The molecule has 0 heterocycles. The Bertz CT molecular complexity index is 908. The molecule has 0 atom stereocenters. The molecule has 0 spiro atoms. The molecule has 1 amide bonds. The summed E-state index contributed by atoms with van der Waals surface area (Å²) in [5, 5.41) is 2.71. The third-order valence-corrected chi connectivity index (χ3v) is 5.36. The second-order valence-corrected chi connectivity index (χ2v) is 7.83. The SMILES string of the molecule is COCCNC(=O)c1cc(S(=O)(=O)Nc2cc(C)ccc2C)ccc1C. The van der Waals surface area contributed by atoms with E-state index in [-0.39, 0.29) is 10.8 Å². The van der Waals surface area contributed by atoms with E-state index in [1.807, 2.05) is 26.0 Å². The Hall–Kier alpha value is -2.38. The van der Waals surface area contributed by atoms with E-state index in [1.165, 1.54) is 12.1 Å². The molecule has 26 heavy (non-hydrogen) atoms. The van der Waals surface area contributed by atoms with Crippen molar-refractivity contribution in [3.05, 3.63) is 58.7 Å². The van der Waals surface area contributed by atoms with E-state index in [4.69, 9.17) is 4.74 Å². The van der Waals surface area contributed by atoms with Gasteiger partial charge in [0.1, 0.15) is 0 Å². The van der Waals surface area contributed by atoms with Gasteiger partial charge in [-0.2, -0.15) is 0 Å². The molecule has 140 valence electrons. The molecule has 7 heteroatoms. The number of nitrogens with one attached hydrogen (secondary N) is 2. The zero-order valence-electron chi connectivity index (χ0n) is 15.4. The summed E-state index contributed by atoms with van der Waals surface area (Å²) >= 11 is 0. The summed E-state index contributed by atoms with van der Waals surface area (Å²) in [6.45, 7) is 6.23. The summed E-state index contributed by atoms with van der Waals surface area (Å²) in [6.07, 6.45) is 0. The van der Waals surface area contributed by atoms with Crippen LogP contribution in [0.2, 0.25) is 0 Å². The van der Waals surface area contributed by atoms with Crippen LogP contribution in [0.5, 0.6) is 0 Å².